The molecule has 1 saturated heterocycles. The largest absolute Gasteiger partial charge is 0.454 e. The van der Waals surface area contributed by atoms with E-state index in [-0.39, 0.29) is 38.0 Å². The lowest BCUT2D eigenvalue weighted by molar-refractivity contribution is -0.130. The third kappa shape index (κ3) is 3.45. The van der Waals surface area contributed by atoms with Crippen molar-refractivity contribution in [2.24, 2.45) is 0 Å². The lowest BCUT2D eigenvalue weighted by atomic mass is 9.86. The molecule has 0 unspecified atom stereocenters. The molecule has 3 aliphatic rings. The summed E-state index contributed by atoms with van der Waals surface area (Å²) in [5.41, 5.74) is 1.54. The van der Waals surface area contributed by atoms with E-state index >= 15 is 0 Å². The van der Waals surface area contributed by atoms with E-state index in [9.17, 15) is 14.4 Å². The molecule has 3 amide bonds. The average Bonchev–Trinajstić information content (AvgIpc) is 3.44. The fourth-order valence-electron chi connectivity index (χ4n) is 4.79. The van der Waals surface area contributed by atoms with Crippen LogP contribution in [0.2, 0.25) is 25.1 Å². The van der Waals surface area contributed by atoms with E-state index in [2.05, 4.69) is 0 Å². The summed E-state index contributed by atoms with van der Waals surface area (Å²) in [6.07, 6.45) is 0. The molecule has 37 heavy (non-hydrogen) atoms. The summed E-state index contributed by atoms with van der Waals surface area (Å²) in [5, 5.41) is -0.265. The van der Waals surface area contributed by atoms with Crippen molar-refractivity contribution in [3.05, 3.63) is 83.8 Å². The van der Waals surface area contributed by atoms with E-state index in [1.54, 1.807) is 36.4 Å². The van der Waals surface area contributed by atoms with Crippen molar-refractivity contribution in [2.75, 3.05) is 11.7 Å². The van der Waals surface area contributed by atoms with Crippen LogP contribution in [0.25, 0.3) is 0 Å². The number of amides is 3. The van der Waals surface area contributed by atoms with Crippen molar-refractivity contribution in [3.8, 4) is 11.5 Å². The van der Waals surface area contributed by atoms with E-state index in [1.807, 2.05) is 6.92 Å². The normalized spacial score (nSPS) is 20.0. The summed E-state index contributed by atoms with van der Waals surface area (Å²) < 4.78 is 10.9. The maximum atomic E-state index is 13.7. The highest BCUT2D eigenvalue weighted by molar-refractivity contribution is 6.55. The highest BCUT2D eigenvalue weighted by Crippen LogP contribution is 2.50. The molecule has 0 bridgehead atoms. The molecule has 6 rings (SSSR count). The first-order chi connectivity index (χ1) is 17.6. The number of carbonyl (C=O) groups excluding carboxylic acids is 3. The summed E-state index contributed by atoms with van der Waals surface area (Å²) in [4.78, 5) is 43.1. The number of β-lactam (4-membered cyclic amide) rings is 1. The van der Waals surface area contributed by atoms with Gasteiger partial charge in [-0.15, -0.1) is 0 Å². The Hall–Kier alpha value is -2.68. The molecular formula is C25H13Cl5N2O5. The predicted octanol–water partition coefficient (Wildman–Crippen LogP) is 6.74. The SMILES string of the molecule is Cc1ccc(N2C(=O)[C@@H](N3C(=O)c4c(Cl)c(Cl)c(Cl)c(Cl)c4C3=O)[C@@H]2c2ccc3c(c2)OCO3)cc1Cl. The van der Waals surface area contributed by atoms with Gasteiger partial charge in [-0.05, 0) is 42.3 Å². The molecular weight excluding hydrogens is 586 g/mol. The van der Waals surface area contributed by atoms with E-state index in [4.69, 9.17) is 67.5 Å². The van der Waals surface area contributed by atoms with Crippen LogP contribution in [0, 0.1) is 6.92 Å². The molecule has 0 N–H and O–H groups in total. The number of hydrogen-bond donors (Lipinski definition) is 0. The number of imide groups is 1. The van der Waals surface area contributed by atoms with Crippen molar-refractivity contribution in [1.82, 2.24) is 4.90 Å². The van der Waals surface area contributed by atoms with E-state index in [1.165, 1.54) is 4.90 Å². The second-order valence-corrected chi connectivity index (χ2v) is 10.5. The minimum absolute atomic E-state index is 0.0556. The molecule has 2 atom stereocenters. The standard InChI is InChI=1S/C25H13Cl5N2O5/c1-9-2-4-11(7-12(9)26)31-21(10-3-5-13-14(6-10)37-8-36-13)22(25(31)35)32-23(33)15-16(24(32)34)18(28)20(30)19(29)17(15)27/h2-7,21-22H,8H2,1H3/t21-,22-/m0/s1. The molecule has 3 heterocycles. The van der Waals surface area contributed by atoms with Crippen LogP contribution in [-0.4, -0.2) is 35.5 Å². The van der Waals surface area contributed by atoms with E-state index in [0.29, 0.717) is 27.8 Å². The highest BCUT2D eigenvalue weighted by Gasteiger charge is 2.58. The highest BCUT2D eigenvalue weighted by atomic mass is 35.5. The Bertz CT molecular complexity index is 1530. The van der Waals surface area contributed by atoms with Crippen molar-refractivity contribution in [2.45, 2.75) is 19.0 Å². The van der Waals surface area contributed by atoms with Gasteiger partial charge in [-0.3, -0.25) is 19.3 Å². The van der Waals surface area contributed by atoms with Crippen molar-refractivity contribution in [1.29, 1.82) is 0 Å². The molecule has 0 aliphatic carbocycles. The number of fused-ring (bicyclic) bond motifs is 2. The zero-order valence-corrected chi connectivity index (χ0v) is 22.4. The Kier molecular flexibility index (Phi) is 5.78. The van der Waals surface area contributed by atoms with Gasteiger partial charge in [-0.25, -0.2) is 0 Å². The van der Waals surface area contributed by atoms with Gasteiger partial charge in [0.25, 0.3) is 17.7 Å². The Morgan fingerprint density at radius 3 is 1.97 bits per heavy atom. The second kappa shape index (κ2) is 8.68. The number of aryl methyl sites for hydroxylation is 1. The number of rotatable bonds is 3. The topological polar surface area (TPSA) is 76.2 Å². The quantitative estimate of drug-likeness (QED) is 0.144. The summed E-state index contributed by atoms with van der Waals surface area (Å²) in [5.74, 6) is -1.07. The molecule has 3 aromatic carbocycles. The maximum Gasteiger partial charge on any atom is 0.264 e. The van der Waals surface area contributed by atoms with E-state index in [0.717, 1.165) is 10.5 Å². The van der Waals surface area contributed by atoms with Gasteiger partial charge in [-0.1, -0.05) is 70.1 Å². The van der Waals surface area contributed by atoms with Gasteiger partial charge >= 0.3 is 0 Å². The third-order valence-electron chi connectivity index (χ3n) is 6.65. The number of hydrogen-bond acceptors (Lipinski definition) is 5. The Morgan fingerprint density at radius 1 is 0.730 bits per heavy atom. The molecule has 7 nitrogen and oxygen atoms in total. The van der Waals surface area contributed by atoms with E-state index < -0.39 is 29.8 Å². The number of halogens is 5. The molecule has 3 aliphatic heterocycles. The number of anilines is 1. The Balaban J connectivity index is 1.48. The molecule has 0 spiro atoms. The van der Waals surface area contributed by atoms with Gasteiger partial charge in [0.05, 0.1) is 37.3 Å². The molecule has 3 aromatic rings. The monoisotopic (exact) mass is 596 g/mol. The Labute approximate surface area is 235 Å². The summed E-state index contributed by atoms with van der Waals surface area (Å²) in [6.45, 7) is 1.89. The Morgan fingerprint density at radius 2 is 1.35 bits per heavy atom. The zero-order valence-electron chi connectivity index (χ0n) is 18.7. The molecule has 0 radical (unpaired) electrons. The van der Waals surface area contributed by atoms with Gasteiger partial charge in [0.2, 0.25) is 6.79 Å². The van der Waals surface area contributed by atoms with Crippen molar-refractivity contribution in [3.63, 3.8) is 0 Å². The smallest absolute Gasteiger partial charge is 0.264 e. The molecule has 1 fully saturated rings. The molecule has 0 aromatic heterocycles. The molecule has 12 heteroatoms. The van der Waals surface area contributed by atoms with Gasteiger partial charge in [0.1, 0.15) is 6.04 Å². The number of nitrogens with zero attached hydrogens (tertiary/aromatic N) is 2. The lowest BCUT2D eigenvalue weighted by Gasteiger charge is -2.49. The summed E-state index contributed by atoms with van der Waals surface area (Å²) in [6, 6.07) is 8.34. The van der Waals surface area contributed by atoms with Gasteiger partial charge in [0, 0.05) is 10.7 Å². The number of carbonyl (C=O) groups is 3. The first-order valence-corrected chi connectivity index (χ1v) is 12.7. The van der Waals surface area contributed by atoms with Crippen molar-refractivity contribution >= 4 is 81.4 Å². The fraction of sp³-hybridized carbons (Fsp3) is 0.160. The molecule has 0 saturated carbocycles. The minimum atomic E-state index is -1.21. The lowest BCUT2D eigenvalue weighted by Crippen LogP contribution is -2.67. The van der Waals surface area contributed by atoms with Crippen LogP contribution in [0.1, 0.15) is 37.9 Å². The van der Waals surface area contributed by atoms with Crippen LogP contribution in [0.4, 0.5) is 5.69 Å². The van der Waals surface area contributed by atoms with Crippen LogP contribution in [0.5, 0.6) is 11.5 Å². The first-order valence-electron chi connectivity index (χ1n) is 10.8. The maximum absolute atomic E-state index is 13.7. The number of ether oxygens (including phenoxy) is 2. The predicted molar refractivity (Wildman–Crippen MR) is 140 cm³/mol. The van der Waals surface area contributed by atoms with Crippen molar-refractivity contribution < 1.29 is 23.9 Å². The van der Waals surface area contributed by atoms with Gasteiger partial charge in [-0.2, -0.15) is 0 Å². The van der Waals surface area contributed by atoms with Gasteiger partial charge < -0.3 is 14.4 Å². The second-order valence-electron chi connectivity index (χ2n) is 8.63. The fourth-order valence-corrected chi connectivity index (χ4v) is 5.98. The summed E-state index contributed by atoms with van der Waals surface area (Å²) >= 11 is 31.2. The average molecular weight is 599 g/mol. The summed E-state index contributed by atoms with van der Waals surface area (Å²) in [7, 11) is 0. The van der Waals surface area contributed by atoms with Crippen LogP contribution in [0.3, 0.4) is 0 Å². The van der Waals surface area contributed by atoms with Crippen LogP contribution < -0.4 is 14.4 Å². The van der Waals surface area contributed by atoms with Crippen LogP contribution in [-0.2, 0) is 4.79 Å². The third-order valence-corrected chi connectivity index (χ3v) is 8.86. The zero-order chi connectivity index (χ0) is 26.3. The number of benzene rings is 3. The van der Waals surface area contributed by atoms with Crippen LogP contribution >= 0.6 is 58.0 Å². The molecule has 188 valence electrons. The first kappa shape index (κ1) is 24.6. The van der Waals surface area contributed by atoms with Gasteiger partial charge in [0.15, 0.2) is 11.5 Å². The minimum Gasteiger partial charge on any atom is -0.454 e. The van der Waals surface area contributed by atoms with Crippen LogP contribution in [0.15, 0.2) is 36.4 Å².